The van der Waals surface area contributed by atoms with Crippen molar-refractivity contribution in [3.05, 3.63) is 65.9 Å². The second-order valence-electron chi connectivity index (χ2n) is 6.57. The zero-order valence-electron chi connectivity index (χ0n) is 14.4. The van der Waals surface area contributed by atoms with E-state index in [-0.39, 0.29) is 11.9 Å². The van der Waals surface area contributed by atoms with E-state index in [1.165, 1.54) is 16.5 Å². The Hall–Kier alpha value is -2.75. The summed E-state index contributed by atoms with van der Waals surface area (Å²) in [5, 5.41) is 1.17. The first-order valence-corrected chi connectivity index (χ1v) is 8.74. The topological polar surface area (TPSA) is 45.3 Å². The number of methoxy groups -OCH3 is 1. The number of carbonyl (C=O) groups is 1. The summed E-state index contributed by atoms with van der Waals surface area (Å²) in [7, 11) is 1.67. The number of piperidine rings is 1. The Balaban J connectivity index is 1.70. The van der Waals surface area contributed by atoms with Crippen molar-refractivity contribution in [2.24, 2.45) is 0 Å². The number of aromatic amines is 1. The Labute approximate surface area is 147 Å². The smallest absolute Gasteiger partial charge is 0.223 e. The lowest BCUT2D eigenvalue weighted by atomic mass is 9.94. The van der Waals surface area contributed by atoms with Crippen LogP contribution in [0.2, 0.25) is 0 Å². The summed E-state index contributed by atoms with van der Waals surface area (Å²) in [5.41, 5.74) is 3.41. The molecule has 0 saturated carbocycles. The van der Waals surface area contributed by atoms with Crippen LogP contribution in [0.25, 0.3) is 10.9 Å². The van der Waals surface area contributed by atoms with Gasteiger partial charge in [-0.3, -0.25) is 4.79 Å². The Morgan fingerprint density at radius 3 is 2.84 bits per heavy atom. The van der Waals surface area contributed by atoms with Crippen molar-refractivity contribution < 1.29 is 9.53 Å². The molecule has 4 nitrogen and oxygen atoms in total. The van der Waals surface area contributed by atoms with Crippen LogP contribution in [0.15, 0.2) is 54.7 Å². The van der Waals surface area contributed by atoms with Crippen molar-refractivity contribution in [3.8, 4) is 5.75 Å². The molecule has 2 aromatic carbocycles. The molecule has 1 amide bonds. The number of nitrogens with one attached hydrogen (secondary N) is 1. The molecule has 1 aromatic heterocycles. The monoisotopic (exact) mass is 334 g/mol. The molecule has 4 rings (SSSR count). The Bertz CT molecular complexity index is 885. The lowest BCUT2D eigenvalue weighted by Gasteiger charge is -2.36. The quantitative estimate of drug-likeness (QED) is 0.767. The SMILES string of the molecule is COc1ccc2c([C@H]3CCCC(=O)N3Cc3ccccc3)c[nH]c2c1. The van der Waals surface area contributed by atoms with Crippen LogP contribution >= 0.6 is 0 Å². The minimum absolute atomic E-state index is 0.114. The molecule has 0 radical (unpaired) electrons. The fraction of sp³-hybridized carbons (Fsp3) is 0.286. The van der Waals surface area contributed by atoms with Gasteiger partial charge in [0.25, 0.3) is 0 Å². The van der Waals surface area contributed by atoms with E-state index in [2.05, 4.69) is 23.2 Å². The maximum absolute atomic E-state index is 12.6. The van der Waals surface area contributed by atoms with Gasteiger partial charge in [-0.2, -0.15) is 0 Å². The second-order valence-corrected chi connectivity index (χ2v) is 6.57. The molecule has 0 spiro atoms. The van der Waals surface area contributed by atoms with Gasteiger partial charge < -0.3 is 14.6 Å². The summed E-state index contributed by atoms with van der Waals surface area (Å²) in [6.07, 6.45) is 4.63. The van der Waals surface area contributed by atoms with E-state index >= 15 is 0 Å². The van der Waals surface area contributed by atoms with Gasteiger partial charge in [0, 0.05) is 36.1 Å². The molecular formula is C21H22N2O2. The summed E-state index contributed by atoms with van der Waals surface area (Å²) in [5.74, 6) is 1.07. The van der Waals surface area contributed by atoms with Crippen molar-refractivity contribution in [3.63, 3.8) is 0 Å². The van der Waals surface area contributed by atoms with Gasteiger partial charge in [0.2, 0.25) is 5.91 Å². The summed E-state index contributed by atoms with van der Waals surface area (Å²) in [6.45, 7) is 0.660. The first-order chi connectivity index (χ1) is 12.3. The van der Waals surface area contributed by atoms with Gasteiger partial charge in [-0.1, -0.05) is 30.3 Å². The van der Waals surface area contributed by atoms with Crippen molar-refractivity contribution in [1.29, 1.82) is 0 Å². The summed E-state index contributed by atoms with van der Waals surface area (Å²) < 4.78 is 5.31. The third-order valence-corrected chi connectivity index (χ3v) is 5.04. The van der Waals surface area contributed by atoms with Gasteiger partial charge in [-0.05, 0) is 36.1 Å². The fourth-order valence-electron chi connectivity index (χ4n) is 3.75. The first-order valence-electron chi connectivity index (χ1n) is 8.74. The summed E-state index contributed by atoms with van der Waals surface area (Å²) >= 11 is 0. The van der Waals surface area contributed by atoms with Crippen LogP contribution in [0.1, 0.15) is 36.4 Å². The van der Waals surface area contributed by atoms with E-state index in [4.69, 9.17) is 4.74 Å². The summed E-state index contributed by atoms with van der Waals surface area (Å²) in [6, 6.07) is 16.4. The number of hydrogen-bond donors (Lipinski definition) is 1. The van der Waals surface area contributed by atoms with Crippen LogP contribution in [0, 0.1) is 0 Å². The average molecular weight is 334 g/mol. The highest BCUT2D eigenvalue weighted by molar-refractivity contribution is 5.86. The number of aromatic nitrogens is 1. The van der Waals surface area contributed by atoms with Crippen LogP contribution in [0.5, 0.6) is 5.75 Å². The largest absolute Gasteiger partial charge is 0.497 e. The molecule has 3 aromatic rings. The van der Waals surface area contributed by atoms with E-state index in [0.717, 1.165) is 24.1 Å². The number of rotatable bonds is 4. The number of ether oxygens (including phenoxy) is 1. The van der Waals surface area contributed by atoms with E-state index in [1.807, 2.05) is 41.4 Å². The molecule has 0 aliphatic carbocycles. The van der Waals surface area contributed by atoms with Crippen LogP contribution < -0.4 is 4.74 Å². The van der Waals surface area contributed by atoms with E-state index < -0.39 is 0 Å². The highest BCUT2D eigenvalue weighted by Gasteiger charge is 2.30. The molecule has 1 N–H and O–H groups in total. The van der Waals surface area contributed by atoms with Gasteiger partial charge >= 0.3 is 0 Å². The van der Waals surface area contributed by atoms with Gasteiger partial charge in [0.05, 0.1) is 13.2 Å². The molecule has 2 heterocycles. The predicted octanol–water partition coefficient (Wildman–Crippen LogP) is 4.43. The first kappa shape index (κ1) is 15.8. The molecular weight excluding hydrogens is 312 g/mol. The van der Waals surface area contributed by atoms with Gasteiger partial charge in [0.15, 0.2) is 0 Å². The molecule has 1 atom stereocenters. The number of fused-ring (bicyclic) bond motifs is 1. The number of hydrogen-bond acceptors (Lipinski definition) is 2. The normalized spacial score (nSPS) is 17.9. The molecule has 1 aliphatic heterocycles. The van der Waals surface area contributed by atoms with Crippen LogP contribution in [-0.4, -0.2) is 22.9 Å². The van der Waals surface area contributed by atoms with Crippen molar-refractivity contribution >= 4 is 16.8 Å². The molecule has 128 valence electrons. The molecule has 1 aliphatic rings. The zero-order chi connectivity index (χ0) is 17.2. The van der Waals surface area contributed by atoms with E-state index in [9.17, 15) is 4.79 Å². The third kappa shape index (κ3) is 3.00. The standard InChI is InChI=1S/C21H22N2O2/c1-25-16-10-11-17-18(13-22-19(17)12-16)20-8-5-9-21(24)23(20)14-15-6-3-2-4-7-15/h2-4,6-7,10-13,20,22H,5,8-9,14H2,1H3/t20-/m1/s1. The molecule has 1 saturated heterocycles. The highest BCUT2D eigenvalue weighted by Crippen LogP contribution is 2.37. The summed E-state index contributed by atoms with van der Waals surface area (Å²) in [4.78, 5) is 18.0. The van der Waals surface area contributed by atoms with Crippen molar-refractivity contribution in [2.75, 3.05) is 7.11 Å². The van der Waals surface area contributed by atoms with Gasteiger partial charge in [-0.15, -0.1) is 0 Å². The average Bonchev–Trinajstić information content (AvgIpc) is 3.07. The molecule has 4 heteroatoms. The van der Waals surface area contributed by atoms with Crippen LogP contribution in [0.3, 0.4) is 0 Å². The van der Waals surface area contributed by atoms with E-state index in [0.29, 0.717) is 13.0 Å². The molecule has 1 fully saturated rings. The third-order valence-electron chi connectivity index (χ3n) is 5.04. The molecule has 0 bridgehead atoms. The maximum atomic E-state index is 12.6. The zero-order valence-corrected chi connectivity index (χ0v) is 14.4. The number of nitrogens with zero attached hydrogens (tertiary/aromatic N) is 1. The van der Waals surface area contributed by atoms with Crippen molar-refractivity contribution in [1.82, 2.24) is 9.88 Å². The lowest BCUT2D eigenvalue weighted by Crippen LogP contribution is -2.37. The number of benzene rings is 2. The lowest BCUT2D eigenvalue weighted by molar-refractivity contribution is -0.137. The van der Waals surface area contributed by atoms with Gasteiger partial charge in [-0.25, -0.2) is 0 Å². The minimum Gasteiger partial charge on any atom is -0.497 e. The van der Waals surface area contributed by atoms with Crippen LogP contribution in [-0.2, 0) is 11.3 Å². The molecule has 0 unspecified atom stereocenters. The fourth-order valence-corrected chi connectivity index (χ4v) is 3.75. The number of amides is 1. The Morgan fingerprint density at radius 2 is 2.04 bits per heavy atom. The Kier molecular flexibility index (Phi) is 4.18. The van der Waals surface area contributed by atoms with Crippen LogP contribution in [0.4, 0.5) is 0 Å². The minimum atomic E-state index is 0.114. The van der Waals surface area contributed by atoms with Crippen molar-refractivity contribution in [2.45, 2.75) is 31.8 Å². The van der Waals surface area contributed by atoms with E-state index in [1.54, 1.807) is 7.11 Å². The number of likely N-dealkylation sites (tertiary alicyclic amines) is 1. The van der Waals surface area contributed by atoms with Gasteiger partial charge in [0.1, 0.15) is 5.75 Å². The highest BCUT2D eigenvalue weighted by atomic mass is 16.5. The number of H-pyrrole nitrogens is 1. The Morgan fingerprint density at radius 1 is 1.20 bits per heavy atom. The molecule has 25 heavy (non-hydrogen) atoms. The predicted molar refractivity (Wildman–Crippen MR) is 98.4 cm³/mol. The maximum Gasteiger partial charge on any atom is 0.223 e. The number of carbonyl (C=O) groups excluding carboxylic acids is 1. The second kappa shape index (κ2) is 6.63.